The summed E-state index contributed by atoms with van der Waals surface area (Å²) in [7, 11) is 0. The second-order valence-corrected chi connectivity index (χ2v) is 7.43. The molecule has 0 N–H and O–H groups in total. The van der Waals surface area contributed by atoms with Crippen LogP contribution in [0.25, 0.3) is 10.8 Å². The Morgan fingerprint density at radius 2 is 1.42 bits per heavy atom. The standard InChI is InChI=1S/C17H14OSe/c18-19(13-14-7-2-1-3-8-14)17-12-6-10-15-9-4-5-11-16(15)17/h1-12H,13H2. The van der Waals surface area contributed by atoms with Crippen molar-refractivity contribution in [3.63, 3.8) is 0 Å². The summed E-state index contributed by atoms with van der Waals surface area (Å²) < 4.78 is 13.7. The molecule has 19 heavy (non-hydrogen) atoms. The Kier molecular flexibility index (Phi) is 3.54. The van der Waals surface area contributed by atoms with Gasteiger partial charge >= 0.3 is 117 Å². The van der Waals surface area contributed by atoms with Crippen LogP contribution in [-0.4, -0.2) is 13.8 Å². The van der Waals surface area contributed by atoms with Crippen LogP contribution in [0.3, 0.4) is 0 Å². The zero-order chi connectivity index (χ0) is 13.1. The summed E-state index contributed by atoms with van der Waals surface area (Å²) in [6.07, 6.45) is 0. The summed E-state index contributed by atoms with van der Waals surface area (Å²) in [4.78, 5) is 0. The maximum atomic E-state index is 12.6. The minimum atomic E-state index is -2.04. The van der Waals surface area contributed by atoms with Crippen LogP contribution in [0.2, 0.25) is 0 Å². The van der Waals surface area contributed by atoms with Crippen molar-refractivity contribution in [3.05, 3.63) is 78.4 Å². The van der Waals surface area contributed by atoms with Crippen LogP contribution in [0.5, 0.6) is 0 Å². The molecule has 1 nitrogen and oxygen atoms in total. The van der Waals surface area contributed by atoms with Gasteiger partial charge in [-0.3, -0.25) is 0 Å². The third-order valence-electron chi connectivity index (χ3n) is 3.14. The van der Waals surface area contributed by atoms with E-state index < -0.39 is 13.8 Å². The first-order valence-corrected chi connectivity index (χ1v) is 9.01. The Morgan fingerprint density at radius 3 is 2.26 bits per heavy atom. The van der Waals surface area contributed by atoms with Gasteiger partial charge in [0.25, 0.3) is 0 Å². The van der Waals surface area contributed by atoms with E-state index in [1.807, 2.05) is 54.6 Å². The van der Waals surface area contributed by atoms with Crippen LogP contribution < -0.4 is 4.46 Å². The molecule has 1 unspecified atom stereocenters. The average molecular weight is 313 g/mol. The number of hydrogen-bond donors (Lipinski definition) is 0. The molecule has 0 bridgehead atoms. The number of fused-ring (bicyclic) bond motifs is 1. The van der Waals surface area contributed by atoms with Crippen molar-refractivity contribution in [2.24, 2.45) is 0 Å². The molecule has 0 spiro atoms. The van der Waals surface area contributed by atoms with E-state index in [0.29, 0.717) is 5.32 Å². The fourth-order valence-corrected chi connectivity index (χ4v) is 4.95. The molecule has 94 valence electrons. The van der Waals surface area contributed by atoms with Crippen molar-refractivity contribution in [3.8, 4) is 0 Å². The molecule has 0 aliphatic rings. The molecule has 3 rings (SSSR count). The van der Waals surface area contributed by atoms with Gasteiger partial charge in [-0.05, 0) is 0 Å². The van der Waals surface area contributed by atoms with E-state index in [2.05, 4.69) is 18.2 Å². The molecule has 0 aliphatic heterocycles. The first-order chi connectivity index (χ1) is 9.34. The van der Waals surface area contributed by atoms with Crippen LogP contribution in [0.4, 0.5) is 0 Å². The van der Waals surface area contributed by atoms with Crippen molar-refractivity contribution in [2.45, 2.75) is 5.32 Å². The molecule has 3 aromatic rings. The topological polar surface area (TPSA) is 17.1 Å². The summed E-state index contributed by atoms with van der Waals surface area (Å²) in [6, 6.07) is 24.3. The summed E-state index contributed by atoms with van der Waals surface area (Å²) in [5.74, 6) is 0. The Hall–Kier alpha value is -1.76. The summed E-state index contributed by atoms with van der Waals surface area (Å²) >= 11 is -2.04. The normalized spacial score (nSPS) is 12.4. The van der Waals surface area contributed by atoms with E-state index in [0.717, 1.165) is 20.8 Å². The van der Waals surface area contributed by atoms with Gasteiger partial charge < -0.3 is 0 Å². The molecule has 2 heteroatoms. The second kappa shape index (κ2) is 5.48. The van der Waals surface area contributed by atoms with Gasteiger partial charge in [-0.1, -0.05) is 0 Å². The van der Waals surface area contributed by atoms with Gasteiger partial charge in [0.05, 0.1) is 0 Å². The van der Waals surface area contributed by atoms with Crippen molar-refractivity contribution >= 4 is 29.1 Å². The number of rotatable bonds is 3. The molecule has 0 saturated carbocycles. The van der Waals surface area contributed by atoms with E-state index in [1.54, 1.807) is 0 Å². The molecule has 0 aromatic heterocycles. The van der Waals surface area contributed by atoms with Crippen LogP contribution in [0.1, 0.15) is 5.56 Å². The van der Waals surface area contributed by atoms with Crippen LogP contribution >= 0.6 is 0 Å². The van der Waals surface area contributed by atoms with Crippen LogP contribution in [-0.2, 0) is 9.15 Å². The minimum absolute atomic E-state index is 0.662. The molecule has 0 fully saturated rings. The monoisotopic (exact) mass is 314 g/mol. The fraction of sp³-hybridized carbons (Fsp3) is 0.0588. The third kappa shape index (κ3) is 2.65. The van der Waals surface area contributed by atoms with E-state index in [9.17, 15) is 3.83 Å². The number of hydrogen-bond acceptors (Lipinski definition) is 1. The molecule has 1 atom stereocenters. The molecular formula is C17H14OSe. The summed E-state index contributed by atoms with van der Waals surface area (Å²) in [6.45, 7) is 0. The van der Waals surface area contributed by atoms with Crippen molar-refractivity contribution < 1.29 is 3.83 Å². The van der Waals surface area contributed by atoms with Crippen molar-refractivity contribution in [1.29, 1.82) is 0 Å². The van der Waals surface area contributed by atoms with Gasteiger partial charge in [-0.25, -0.2) is 0 Å². The average Bonchev–Trinajstić information content (AvgIpc) is 2.47. The Balaban J connectivity index is 1.98. The van der Waals surface area contributed by atoms with E-state index in [-0.39, 0.29) is 0 Å². The molecule has 0 heterocycles. The maximum absolute atomic E-state index is 12.6. The predicted octanol–water partition coefficient (Wildman–Crippen LogP) is 3.25. The fourth-order valence-electron chi connectivity index (χ4n) is 2.20. The zero-order valence-corrected chi connectivity index (χ0v) is 12.2. The molecule has 0 aliphatic carbocycles. The SMILES string of the molecule is O=[Se](Cc1ccccc1)c1cccc2ccccc12. The molecular weight excluding hydrogens is 299 g/mol. The van der Waals surface area contributed by atoms with Gasteiger partial charge in [-0.15, -0.1) is 0 Å². The van der Waals surface area contributed by atoms with Gasteiger partial charge in [0.1, 0.15) is 0 Å². The van der Waals surface area contributed by atoms with Crippen LogP contribution in [0, 0.1) is 0 Å². The zero-order valence-electron chi connectivity index (χ0n) is 10.5. The third-order valence-corrected chi connectivity index (χ3v) is 6.16. The number of benzene rings is 3. The van der Waals surface area contributed by atoms with E-state index in [1.165, 1.54) is 0 Å². The Morgan fingerprint density at radius 1 is 0.737 bits per heavy atom. The van der Waals surface area contributed by atoms with Gasteiger partial charge in [0, 0.05) is 0 Å². The van der Waals surface area contributed by atoms with Crippen molar-refractivity contribution in [1.82, 2.24) is 0 Å². The van der Waals surface area contributed by atoms with Gasteiger partial charge in [0.15, 0.2) is 0 Å². The quantitative estimate of drug-likeness (QED) is 0.678. The van der Waals surface area contributed by atoms with Gasteiger partial charge in [0.2, 0.25) is 0 Å². The van der Waals surface area contributed by atoms with Crippen molar-refractivity contribution in [2.75, 3.05) is 0 Å². The summed E-state index contributed by atoms with van der Waals surface area (Å²) in [5, 5.41) is 2.95. The molecule has 0 amide bonds. The first-order valence-electron chi connectivity index (χ1n) is 6.25. The summed E-state index contributed by atoms with van der Waals surface area (Å²) in [5.41, 5.74) is 1.15. The van der Waals surface area contributed by atoms with Crippen LogP contribution in [0.15, 0.2) is 72.8 Å². The molecule has 0 saturated heterocycles. The molecule has 0 radical (unpaired) electrons. The van der Waals surface area contributed by atoms with E-state index >= 15 is 0 Å². The van der Waals surface area contributed by atoms with Gasteiger partial charge in [-0.2, -0.15) is 0 Å². The first kappa shape index (κ1) is 12.3. The Labute approximate surface area is 117 Å². The Bertz CT molecular complexity index is 714. The predicted molar refractivity (Wildman–Crippen MR) is 80.2 cm³/mol. The van der Waals surface area contributed by atoms with E-state index in [4.69, 9.17) is 0 Å². The molecule has 3 aromatic carbocycles. The second-order valence-electron chi connectivity index (χ2n) is 4.45.